The second kappa shape index (κ2) is 7.63. The topological polar surface area (TPSA) is 64.2 Å². The van der Waals surface area contributed by atoms with Crippen LogP contribution in [0.5, 0.6) is 5.88 Å². The lowest BCUT2D eigenvalue weighted by atomic mass is 9.80. The molecule has 1 fully saturated rings. The molecule has 0 aromatic carbocycles. The fourth-order valence-electron chi connectivity index (χ4n) is 4.67. The first-order valence-corrected chi connectivity index (χ1v) is 10.3. The van der Waals surface area contributed by atoms with Gasteiger partial charge < -0.3 is 14.5 Å². The lowest BCUT2D eigenvalue weighted by Gasteiger charge is -2.31. The van der Waals surface area contributed by atoms with Crippen molar-refractivity contribution in [1.29, 1.82) is 0 Å². The van der Waals surface area contributed by atoms with Gasteiger partial charge in [0, 0.05) is 12.8 Å². The van der Waals surface area contributed by atoms with E-state index >= 15 is 0 Å². The van der Waals surface area contributed by atoms with Gasteiger partial charge in [0.2, 0.25) is 5.88 Å². The lowest BCUT2D eigenvalue weighted by Crippen LogP contribution is -2.27. The van der Waals surface area contributed by atoms with Crippen LogP contribution < -0.4 is 4.74 Å². The van der Waals surface area contributed by atoms with Crippen LogP contribution in [-0.4, -0.2) is 28.0 Å². The zero-order chi connectivity index (χ0) is 19.0. The van der Waals surface area contributed by atoms with E-state index in [4.69, 9.17) is 9.47 Å². The van der Waals surface area contributed by atoms with Gasteiger partial charge in [0.05, 0.1) is 30.3 Å². The monoisotopic (exact) mass is 370 g/mol. The SMILES string of the molecule is CC(=O)CC1Cc2c(cc3[nH]cnc(OC4CCC(C(C)C)CC4)c2-3)CO1. The van der Waals surface area contributed by atoms with E-state index in [9.17, 15) is 4.79 Å². The number of hydrogen-bond acceptors (Lipinski definition) is 4. The molecule has 5 heteroatoms. The van der Waals surface area contributed by atoms with E-state index in [0.717, 1.165) is 48.2 Å². The van der Waals surface area contributed by atoms with E-state index in [1.54, 1.807) is 13.3 Å². The molecule has 1 N–H and O–H groups in total. The van der Waals surface area contributed by atoms with Crippen LogP contribution in [0, 0.1) is 11.8 Å². The summed E-state index contributed by atoms with van der Waals surface area (Å²) in [4.78, 5) is 19.3. The van der Waals surface area contributed by atoms with Crippen LogP contribution in [0.1, 0.15) is 64.0 Å². The predicted octanol–water partition coefficient (Wildman–Crippen LogP) is 4.53. The van der Waals surface area contributed by atoms with Crippen molar-refractivity contribution in [3.63, 3.8) is 0 Å². The summed E-state index contributed by atoms with van der Waals surface area (Å²) in [7, 11) is 0. The highest BCUT2D eigenvalue weighted by Crippen LogP contribution is 2.41. The van der Waals surface area contributed by atoms with E-state index in [0.29, 0.717) is 13.0 Å². The molecule has 0 amide bonds. The van der Waals surface area contributed by atoms with Crippen LogP contribution in [0.25, 0.3) is 11.3 Å². The van der Waals surface area contributed by atoms with Crippen molar-refractivity contribution >= 4 is 5.78 Å². The van der Waals surface area contributed by atoms with Gasteiger partial charge in [-0.3, -0.25) is 4.79 Å². The van der Waals surface area contributed by atoms with Gasteiger partial charge in [-0.25, -0.2) is 4.98 Å². The van der Waals surface area contributed by atoms with E-state index in [2.05, 4.69) is 29.9 Å². The molecule has 0 aromatic rings. The maximum absolute atomic E-state index is 11.5. The number of ether oxygens (including phenoxy) is 2. The van der Waals surface area contributed by atoms with Gasteiger partial charge in [0.15, 0.2) is 0 Å². The minimum absolute atomic E-state index is 0.0462. The Kier molecular flexibility index (Phi) is 5.22. The number of Topliss-reactive ketones (excluding diaryl/α,β-unsaturated/α-hetero) is 1. The molecule has 1 unspecified atom stereocenters. The highest BCUT2D eigenvalue weighted by Gasteiger charge is 2.31. The molecule has 0 saturated heterocycles. The maximum Gasteiger partial charge on any atom is 0.224 e. The molecular formula is C22H30N2O3. The van der Waals surface area contributed by atoms with Crippen molar-refractivity contribution in [2.75, 3.05) is 0 Å². The number of aromatic amines is 1. The molecule has 2 aliphatic heterocycles. The number of hydrogen-bond donors (Lipinski definition) is 1. The number of carbonyl (C=O) groups is 1. The van der Waals surface area contributed by atoms with Crippen molar-refractivity contribution in [3.05, 3.63) is 23.5 Å². The van der Waals surface area contributed by atoms with Gasteiger partial charge in [-0.15, -0.1) is 0 Å². The summed E-state index contributed by atoms with van der Waals surface area (Å²) in [6.07, 6.45) is 7.80. The average molecular weight is 370 g/mol. The Morgan fingerprint density at radius 1 is 1.33 bits per heavy atom. The van der Waals surface area contributed by atoms with Crippen LogP contribution in [0.15, 0.2) is 12.4 Å². The summed E-state index contributed by atoms with van der Waals surface area (Å²) in [5, 5.41) is 0. The largest absolute Gasteiger partial charge is 0.474 e. The summed E-state index contributed by atoms with van der Waals surface area (Å²) in [6.45, 7) is 6.81. The van der Waals surface area contributed by atoms with E-state index in [1.807, 2.05) is 0 Å². The second-order valence-corrected chi connectivity index (χ2v) is 8.59. The summed E-state index contributed by atoms with van der Waals surface area (Å²) in [5.41, 5.74) is 4.54. The number of H-pyrrole nitrogens is 1. The van der Waals surface area contributed by atoms with E-state index in [1.165, 1.54) is 24.0 Å². The summed E-state index contributed by atoms with van der Waals surface area (Å²) < 4.78 is 12.3. The van der Waals surface area contributed by atoms with Crippen molar-refractivity contribution in [3.8, 4) is 17.1 Å². The molecule has 146 valence electrons. The first kappa shape index (κ1) is 18.5. The van der Waals surface area contributed by atoms with E-state index in [-0.39, 0.29) is 18.0 Å². The molecule has 4 aliphatic rings. The van der Waals surface area contributed by atoms with Crippen LogP contribution in [0.2, 0.25) is 0 Å². The molecule has 1 saturated carbocycles. The highest BCUT2D eigenvalue weighted by molar-refractivity contribution is 5.77. The first-order chi connectivity index (χ1) is 13.0. The molecule has 0 aromatic heterocycles. The quantitative estimate of drug-likeness (QED) is 0.840. The number of ketones is 1. The molecule has 5 nitrogen and oxygen atoms in total. The normalized spacial score (nSPS) is 25.6. The van der Waals surface area contributed by atoms with Crippen LogP contribution >= 0.6 is 0 Å². The van der Waals surface area contributed by atoms with Crippen molar-refractivity contribution in [1.82, 2.24) is 9.97 Å². The molecule has 0 radical (unpaired) electrons. The van der Waals surface area contributed by atoms with Gasteiger partial charge in [-0.05, 0) is 61.6 Å². The Labute approximate surface area is 161 Å². The van der Waals surface area contributed by atoms with Crippen LogP contribution in [-0.2, 0) is 22.6 Å². The fraction of sp³-hybridized carbons (Fsp3) is 0.636. The van der Waals surface area contributed by atoms with Gasteiger partial charge in [-0.1, -0.05) is 13.8 Å². The van der Waals surface area contributed by atoms with Crippen molar-refractivity contribution in [2.24, 2.45) is 11.8 Å². The third kappa shape index (κ3) is 3.88. The summed E-state index contributed by atoms with van der Waals surface area (Å²) in [6, 6.07) is 2.14. The van der Waals surface area contributed by atoms with Crippen molar-refractivity contribution < 1.29 is 14.3 Å². The predicted molar refractivity (Wildman–Crippen MR) is 104 cm³/mol. The number of carbonyl (C=O) groups excluding carboxylic acids is 1. The summed E-state index contributed by atoms with van der Waals surface area (Å²) >= 11 is 0. The second-order valence-electron chi connectivity index (χ2n) is 8.59. The first-order valence-electron chi connectivity index (χ1n) is 10.3. The zero-order valence-corrected chi connectivity index (χ0v) is 16.6. The Hall–Kier alpha value is -1.88. The Morgan fingerprint density at radius 2 is 2.11 bits per heavy atom. The fourth-order valence-corrected chi connectivity index (χ4v) is 4.67. The van der Waals surface area contributed by atoms with Crippen LogP contribution in [0.4, 0.5) is 0 Å². The Balaban J connectivity index is 1.54. The van der Waals surface area contributed by atoms with Crippen LogP contribution in [0.3, 0.4) is 0 Å². The molecule has 2 aliphatic carbocycles. The minimum Gasteiger partial charge on any atom is -0.474 e. The number of nitrogens with one attached hydrogen (secondary N) is 1. The smallest absolute Gasteiger partial charge is 0.224 e. The molecular weight excluding hydrogens is 340 g/mol. The maximum atomic E-state index is 11.5. The number of rotatable bonds is 5. The minimum atomic E-state index is -0.0462. The van der Waals surface area contributed by atoms with Gasteiger partial charge in [0.1, 0.15) is 11.9 Å². The third-order valence-electron chi connectivity index (χ3n) is 6.25. The molecule has 1 atom stereocenters. The molecule has 4 rings (SSSR count). The number of aromatic nitrogens is 2. The third-order valence-corrected chi connectivity index (χ3v) is 6.25. The zero-order valence-electron chi connectivity index (χ0n) is 16.6. The van der Waals surface area contributed by atoms with Gasteiger partial charge >= 0.3 is 0 Å². The number of fused-ring (bicyclic) bond motifs is 3. The molecule has 2 heterocycles. The average Bonchev–Trinajstić information content (AvgIpc) is 3.00. The van der Waals surface area contributed by atoms with Gasteiger partial charge in [0.25, 0.3) is 0 Å². The summed E-state index contributed by atoms with van der Waals surface area (Å²) in [5.74, 6) is 2.48. The number of nitrogens with zero attached hydrogens (tertiary/aromatic N) is 1. The molecule has 27 heavy (non-hydrogen) atoms. The highest BCUT2D eigenvalue weighted by atomic mass is 16.5. The molecule has 0 bridgehead atoms. The lowest BCUT2D eigenvalue weighted by molar-refractivity contribution is -0.120. The standard InChI is InChI=1S/C22H30N2O3/c1-13(2)15-4-6-17(7-5-15)27-22-21-19-10-18(8-14(3)25)26-11-16(19)9-20(21)23-12-24-22/h9,12-13,15,17-18H,4-8,10-11H2,1-3H3,(H,23,24). The Morgan fingerprint density at radius 3 is 2.81 bits per heavy atom. The van der Waals surface area contributed by atoms with Crippen molar-refractivity contribution in [2.45, 2.75) is 78.1 Å². The molecule has 0 spiro atoms. The van der Waals surface area contributed by atoms with E-state index < -0.39 is 0 Å². The Bertz CT molecular complexity index is 774. The van der Waals surface area contributed by atoms with Gasteiger partial charge in [-0.2, -0.15) is 0 Å².